The average molecular weight is 342 g/mol. The number of hydrogen-bond acceptors (Lipinski definition) is 3. The van der Waals surface area contributed by atoms with E-state index in [0.29, 0.717) is 6.54 Å². The zero-order chi connectivity index (χ0) is 16.5. The maximum absolute atomic E-state index is 11.7. The smallest absolute Gasteiger partial charge is 0.239 e. The molecule has 4 N–H and O–H groups in total. The maximum atomic E-state index is 11.7. The summed E-state index contributed by atoms with van der Waals surface area (Å²) >= 11 is 0. The number of carbonyl (C=O) groups excluding carboxylic acids is 2. The maximum Gasteiger partial charge on any atom is 0.239 e. The minimum absolute atomic E-state index is 0. The predicted octanol–water partition coefficient (Wildman–Crippen LogP) is 1.43. The summed E-state index contributed by atoms with van der Waals surface area (Å²) in [6, 6.07) is 7.78. The molecule has 0 aromatic heterocycles. The second kappa shape index (κ2) is 11.0. The van der Waals surface area contributed by atoms with E-state index in [0.717, 1.165) is 12.8 Å². The molecule has 1 atom stereocenters. The van der Waals surface area contributed by atoms with Gasteiger partial charge in [-0.05, 0) is 29.9 Å². The van der Waals surface area contributed by atoms with E-state index in [1.54, 1.807) is 0 Å². The second-order valence-corrected chi connectivity index (χ2v) is 5.76. The number of aryl methyl sites for hydroxylation is 1. The van der Waals surface area contributed by atoms with Crippen molar-refractivity contribution in [2.24, 2.45) is 11.7 Å². The van der Waals surface area contributed by atoms with E-state index in [9.17, 15) is 9.59 Å². The predicted molar refractivity (Wildman–Crippen MR) is 95.6 cm³/mol. The van der Waals surface area contributed by atoms with Crippen molar-refractivity contribution >= 4 is 24.2 Å². The molecule has 0 saturated heterocycles. The Bertz CT molecular complexity index is 489. The highest BCUT2D eigenvalue weighted by molar-refractivity contribution is 5.87. The summed E-state index contributed by atoms with van der Waals surface area (Å²) < 4.78 is 0. The first-order valence-electron chi connectivity index (χ1n) is 7.81. The van der Waals surface area contributed by atoms with Crippen LogP contribution in [0.5, 0.6) is 0 Å². The molecule has 130 valence electrons. The van der Waals surface area contributed by atoms with Crippen molar-refractivity contribution in [3.05, 3.63) is 35.4 Å². The van der Waals surface area contributed by atoms with Crippen molar-refractivity contribution in [2.45, 2.75) is 39.7 Å². The Labute approximate surface area is 144 Å². The van der Waals surface area contributed by atoms with Crippen molar-refractivity contribution in [2.75, 3.05) is 13.1 Å². The summed E-state index contributed by atoms with van der Waals surface area (Å²) in [5.41, 5.74) is 8.19. The van der Waals surface area contributed by atoms with Crippen LogP contribution in [-0.4, -0.2) is 30.9 Å². The zero-order valence-corrected chi connectivity index (χ0v) is 14.9. The van der Waals surface area contributed by atoms with Crippen molar-refractivity contribution in [3.63, 3.8) is 0 Å². The first-order chi connectivity index (χ1) is 10.4. The summed E-state index contributed by atoms with van der Waals surface area (Å²) in [6.07, 6.45) is 1.80. The van der Waals surface area contributed by atoms with Crippen LogP contribution in [0.4, 0.5) is 0 Å². The Morgan fingerprint density at radius 2 is 1.65 bits per heavy atom. The van der Waals surface area contributed by atoms with Gasteiger partial charge in [0.15, 0.2) is 0 Å². The van der Waals surface area contributed by atoms with E-state index in [1.807, 2.05) is 13.8 Å². The Balaban J connectivity index is 0.00000484. The summed E-state index contributed by atoms with van der Waals surface area (Å²) in [5.74, 6) is -0.441. The molecule has 0 fully saturated rings. The van der Waals surface area contributed by atoms with E-state index in [-0.39, 0.29) is 36.7 Å². The third-order valence-corrected chi connectivity index (χ3v) is 3.61. The summed E-state index contributed by atoms with van der Waals surface area (Å²) in [5, 5.41) is 5.34. The van der Waals surface area contributed by atoms with E-state index >= 15 is 0 Å². The lowest BCUT2D eigenvalue weighted by Gasteiger charge is -2.15. The molecular weight excluding hydrogens is 314 g/mol. The number of nitrogens with two attached hydrogens (primary N) is 1. The van der Waals surface area contributed by atoms with Gasteiger partial charge in [0.05, 0.1) is 12.6 Å². The first-order valence-corrected chi connectivity index (χ1v) is 7.81. The molecule has 0 heterocycles. The first kappa shape index (κ1) is 21.4. The number of hydrogen-bond donors (Lipinski definition) is 3. The van der Waals surface area contributed by atoms with Gasteiger partial charge in [-0.15, -0.1) is 12.4 Å². The number of amides is 2. The fourth-order valence-electron chi connectivity index (χ4n) is 1.94. The molecule has 0 spiro atoms. The molecule has 0 aliphatic rings. The highest BCUT2D eigenvalue weighted by atomic mass is 35.5. The Morgan fingerprint density at radius 3 is 2.17 bits per heavy atom. The van der Waals surface area contributed by atoms with Crippen LogP contribution < -0.4 is 16.4 Å². The van der Waals surface area contributed by atoms with Crippen LogP contribution in [0, 0.1) is 5.92 Å². The monoisotopic (exact) mass is 341 g/mol. The average Bonchev–Trinajstić information content (AvgIpc) is 2.52. The molecule has 0 aliphatic heterocycles. The molecule has 0 bridgehead atoms. The fourth-order valence-corrected chi connectivity index (χ4v) is 1.94. The minimum atomic E-state index is -0.579. The largest absolute Gasteiger partial charge is 0.354 e. The Morgan fingerprint density at radius 1 is 1.09 bits per heavy atom. The third kappa shape index (κ3) is 8.00. The molecule has 0 unspecified atom stereocenters. The lowest BCUT2D eigenvalue weighted by atomic mass is 10.1. The number of rotatable bonds is 8. The molecule has 23 heavy (non-hydrogen) atoms. The van der Waals surface area contributed by atoms with Crippen LogP contribution >= 0.6 is 12.4 Å². The molecule has 1 rings (SSSR count). The lowest BCUT2D eigenvalue weighted by Crippen LogP contribution is -2.47. The number of halogens is 1. The minimum Gasteiger partial charge on any atom is -0.354 e. The molecule has 0 saturated carbocycles. The number of benzene rings is 1. The van der Waals surface area contributed by atoms with Crippen LogP contribution in [0.15, 0.2) is 24.3 Å². The van der Waals surface area contributed by atoms with Crippen LogP contribution in [0.1, 0.15) is 31.9 Å². The van der Waals surface area contributed by atoms with Gasteiger partial charge in [-0.2, -0.15) is 0 Å². The van der Waals surface area contributed by atoms with E-state index in [4.69, 9.17) is 5.73 Å². The quantitative estimate of drug-likeness (QED) is 0.668. The summed E-state index contributed by atoms with van der Waals surface area (Å²) in [7, 11) is 0. The van der Waals surface area contributed by atoms with E-state index in [2.05, 4.69) is 41.8 Å². The number of carbonyl (C=O) groups is 2. The molecule has 2 amide bonds. The van der Waals surface area contributed by atoms with Crippen LogP contribution in [0.2, 0.25) is 0 Å². The Kier molecular flexibility index (Phi) is 10.3. The van der Waals surface area contributed by atoms with Crippen LogP contribution in [-0.2, 0) is 22.4 Å². The van der Waals surface area contributed by atoms with Gasteiger partial charge >= 0.3 is 0 Å². The standard InChI is InChI=1S/C17H27N3O2.ClH/c1-4-13-5-7-14(8-6-13)9-10-19-15(21)11-20-17(22)16(18)12(2)3;/h5-8,12,16H,4,9-11,18H2,1-3H3,(H,19,21)(H,20,22);1H/t16-;/m0./s1. The molecule has 0 aliphatic carbocycles. The van der Waals surface area contributed by atoms with Gasteiger partial charge in [0, 0.05) is 6.54 Å². The molecule has 5 nitrogen and oxygen atoms in total. The molecule has 1 aromatic carbocycles. The van der Waals surface area contributed by atoms with Crippen LogP contribution in [0.3, 0.4) is 0 Å². The van der Waals surface area contributed by atoms with Gasteiger partial charge in [-0.1, -0.05) is 45.0 Å². The van der Waals surface area contributed by atoms with Gasteiger partial charge in [0.25, 0.3) is 0 Å². The highest BCUT2D eigenvalue weighted by Crippen LogP contribution is 2.05. The van der Waals surface area contributed by atoms with Gasteiger partial charge in [-0.3, -0.25) is 9.59 Å². The highest BCUT2D eigenvalue weighted by Gasteiger charge is 2.17. The third-order valence-electron chi connectivity index (χ3n) is 3.61. The normalized spacial score (nSPS) is 11.5. The second-order valence-electron chi connectivity index (χ2n) is 5.76. The fraction of sp³-hybridized carbons (Fsp3) is 0.529. The Hall–Kier alpha value is -1.59. The molecule has 1 aromatic rings. The molecule has 0 radical (unpaired) electrons. The summed E-state index contributed by atoms with van der Waals surface area (Å²) in [6.45, 7) is 6.38. The van der Waals surface area contributed by atoms with Crippen LogP contribution in [0.25, 0.3) is 0 Å². The SMILES string of the molecule is CCc1ccc(CCNC(=O)CNC(=O)[C@@H](N)C(C)C)cc1.Cl. The molecule has 6 heteroatoms. The van der Waals surface area contributed by atoms with E-state index < -0.39 is 6.04 Å². The summed E-state index contributed by atoms with van der Waals surface area (Å²) in [4.78, 5) is 23.3. The number of nitrogens with one attached hydrogen (secondary N) is 2. The van der Waals surface area contributed by atoms with Gasteiger partial charge in [-0.25, -0.2) is 0 Å². The topological polar surface area (TPSA) is 84.2 Å². The van der Waals surface area contributed by atoms with Crippen molar-refractivity contribution < 1.29 is 9.59 Å². The van der Waals surface area contributed by atoms with Crippen molar-refractivity contribution in [1.82, 2.24) is 10.6 Å². The molecular formula is C17H28ClN3O2. The lowest BCUT2D eigenvalue weighted by molar-refractivity contribution is -0.127. The zero-order valence-electron chi connectivity index (χ0n) is 14.1. The van der Waals surface area contributed by atoms with Crippen molar-refractivity contribution in [1.29, 1.82) is 0 Å². The van der Waals surface area contributed by atoms with Gasteiger partial charge < -0.3 is 16.4 Å². The van der Waals surface area contributed by atoms with Crippen molar-refractivity contribution in [3.8, 4) is 0 Å². The van der Waals surface area contributed by atoms with Gasteiger partial charge in [0.2, 0.25) is 11.8 Å². The van der Waals surface area contributed by atoms with Gasteiger partial charge in [0.1, 0.15) is 0 Å². The van der Waals surface area contributed by atoms with E-state index in [1.165, 1.54) is 11.1 Å².